The van der Waals surface area contributed by atoms with Crippen LogP contribution in [0.25, 0.3) is 0 Å². The lowest BCUT2D eigenvalue weighted by Crippen LogP contribution is -2.46. The SMILES string of the molecule is C=C(C)SCC(=O)NCCCCCC(=C)N1CCN(c2ccccn2)CC1. The van der Waals surface area contributed by atoms with E-state index in [1.54, 1.807) is 0 Å². The first-order valence-corrected chi connectivity index (χ1v) is 10.7. The van der Waals surface area contributed by atoms with Crippen LogP contribution in [0.2, 0.25) is 0 Å². The number of carbonyl (C=O) groups is 1. The first-order valence-electron chi connectivity index (χ1n) is 9.70. The maximum absolute atomic E-state index is 11.6. The Labute approximate surface area is 167 Å². The van der Waals surface area contributed by atoms with Crippen LogP contribution in [0.5, 0.6) is 0 Å². The van der Waals surface area contributed by atoms with E-state index < -0.39 is 0 Å². The molecule has 5 nitrogen and oxygen atoms in total. The first kappa shape index (κ1) is 21.4. The van der Waals surface area contributed by atoms with E-state index in [4.69, 9.17) is 0 Å². The van der Waals surface area contributed by atoms with E-state index in [0.717, 1.165) is 69.1 Å². The third-order valence-electron chi connectivity index (χ3n) is 4.61. The predicted octanol–water partition coefficient (Wildman–Crippen LogP) is 3.66. The van der Waals surface area contributed by atoms with Crippen molar-refractivity contribution < 1.29 is 4.79 Å². The van der Waals surface area contributed by atoms with Crippen LogP contribution < -0.4 is 10.2 Å². The molecule has 0 radical (unpaired) electrons. The van der Waals surface area contributed by atoms with Crippen LogP contribution in [0.1, 0.15) is 32.6 Å². The molecular weight excluding hydrogens is 356 g/mol. The number of hydrogen-bond acceptors (Lipinski definition) is 5. The number of aromatic nitrogens is 1. The number of nitrogens with zero attached hydrogens (tertiary/aromatic N) is 3. The number of carbonyl (C=O) groups excluding carboxylic acids is 1. The Hall–Kier alpha value is -1.95. The Morgan fingerprint density at radius 2 is 1.96 bits per heavy atom. The van der Waals surface area contributed by atoms with Gasteiger partial charge < -0.3 is 15.1 Å². The van der Waals surface area contributed by atoms with Gasteiger partial charge in [-0.3, -0.25) is 4.79 Å². The van der Waals surface area contributed by atoms with Crippen LogP contribution in [0.4, 0.5) is 5.82 Å². The number of amides is 1. The van der Waals surface area contributed by atoms with Gasteiger partial charge in [0.05, 0.1) is 5.75 Å². The molecule has 1 saturated heterocycles. The Morgan fingerprint density at radius 3 is 2.63 bits per heavy atom. The van der Waals surface area contributed by atoms with Crippen molar-refractivity contribution in [2.45, 2.75) is 32.6 Å². The number of pyridine rings is 1. The van der Waals surface area contributed by atoms with Crippen molar-refractivity contribution in [2.24, 2.45) is 0 Å². The summed E-state index contributed by atoms with van der Waals surface area (Å²) in [4.78, 5) is 21.8. The Kier molecular flexibility index (Phi) is 9.25. The van der Waals surface area contributed by atoms with Gasteiger partial charge in [0, 0.05) is 44.6 Å². The lowest BCUT2D eigenvalue weighted by molar-refractivity contribution is -0.118. The molecule has 1 aliphatic rings. The molecule has 6 heteroatoms. The van der Waals surface area contributed by atoms with Gasteiger partial charge in [-0.05, 0) is 43.2 Å². The molecule has 1 amide bonds. The standard InChI is InChI=1S/C21H32N4OS/c1-18(2)27-17-21(26)23-12-7-4-5-9-19(3)24-13-15-25(16-14-24)20-10-6-8-11-22-20/h6,8,10-11H,1,3-5,7,9,12-17H2,2H3,(H,23,26). The monoisotopic (exact) mass is 388 g/mol. The van der Waals surface area contributed by atoms with E-state index in [2.05, 4.69) is 39.3 Å². The molecule has 0 aliphatic carbocycles. The van der Waals surface area contributed by atoms with E-state index in [1.807, 2.05) is 25.3 Å². The molecule has 1 aromatic heterocycles. The molecule has 1 aliphatic heterocycles. The van der Waals surface area contributed by atoms with Crippen LogP contribution in [-0.4, -0.2) is 54.3 Å². The zero-order valence-corrected chi connectivity index (χ0v) is 17.3. The number of piperazine rings is 1. The second-order valence-corrected chi connectivity index (χ2v) is 8.15. The fourth-order valence-electron chi connectivity index (χ4n) is 3.05. The molecule has 0 spiro atoms. The fraction of sp³-hybridized carbons (Fsp3) is 0.524. The van der Waals surface area contributed by atoms with Gasteiger partial charge in [0.2, 0.25) is 5.91 Å². The maximum atomic E-state index is 11.6. The molecule has 2 heterocycles. The van der Waals surface area contributed by atoms with E-state index >= 15 is 0 Å². The minimum absolute atomic E-state index is 0.0955. The summed E-state index contributed by atoms with van der Waals surface area (Å²) in [5.74, 6) is 1.63. The molecule has 0 unspecified atom stereocenters. The van der Waals surface area contributed by atoms with Crippen LogP contribution in [0, 0.1) is 0 Å². The highest BCUT2D eigenvalue weighted by molar-refractivity contribution is 8.03. The molecule has 1 N–H and O–H groups in total. The number of unbranched alkanes of at least 4 members (excludes halogenated alkanes) is 2. The minimum atomic E-state index is 0.0955. The molecule has 148 valence electrons. The number of anilines is 1. The molecule has 0 bridgehead atoms. The van der Waals surface area contributed by atoms with E-state index in [-0.39, 0.29) is 5.91 Å². The first-order chi connectivity index (χ1) is 13.1. The Bertz CT molecular complexity index is 612. The summed E-state index contributed by atoms with van der Waals surface area (Å²) in [5.41, 5.74) is 1.23. The number of allylic oxidation sites excluding steroid dienone is 2. The molecular formula is C21H32N4OS. The molecule has 1 fully saturated rings. The Morgan fingerprint density at radius 1 is 1.19 bits per heavy atom. The van der Waals surface area contributed by atoms with Gasteiger partial charge >= 0.3 is 0 Å². The van der Waals surface area contributed by atoms with Crippen LogP contribution >= 0.6 is 11.8 Å². The summed E-state index contributed by atoms with van der Waals surface area (Å²) in [7, 11) is 0. The third kappa shape index (κ3) is 8.08. The van der Waals surface area contributed by atoms with Crippen molar-refractivity contribution in [3.63, 3.8) is 0 Å². The van der Waals surface area contributed by atoms with Crippen molar-refractivity contribution in [2.75, 3.05) is 43.4 Å². The van der Waals surface area contributed by atoms with Crippen molar-refractivity contribution in [1.82, 2.24) is 15.2 Å². The van der Waals surface area contributed by atoms with Gasteiger partial charge in [-0.25, -0.2) is 4.98 Å². The highest BCUT2D eigenvalue weighted by Crippen LogP contribution is 2.18. The Balaban J connectivity index is 1.53. The lowest BCUT2D eigenvalue weighted by Gasteiger charge is -2.37. The van der Waals surface area contributed by atoms with Gasteiger partial charge in [-0.15, -0.1) is 11.8 Å². The molecule has 0 aromatic carbocycles. The second-order valence-electron chi connectivity index (χ2n) is 6.88. The van der Waals surface area contributed by atoms with Crippen molar-refractivity contribution >= 4 is 23.5 Å². The normalized spacial score (nSPS) is 14.1. The highest BCUT2D eigenvalue weighted by Gasteiger charge is 2.18. The number of nitrogens with one attached hydrogen (secondary N) is 1. The highest BCUT2D eigenvalue weighted by atomic mass is 32.2. The summed E-state index contributed by atoms with van der Waals surface area (Å²) < 4.78 is 0. The van der Waals surface area contributed by atoms with E-state index in [9.17, 15) is 4.79 Å². The smallest absolute Gasteiger partial charge is 0.230 e. The number of hydrogen-bond donors (Lipinski definition) is 1. The zero-order valence-electron chi connectivity index (χ0n) is 16.5. The summed E-state index contributed by atoms with van der Waals surface area (Å²) >= 11 is 1.50. The fourth-order valence-corrected chi connectivity index (χ4v) is 3.53. The van der Waals surface area contributed by atoms with E-state index in [0.29, 0.717) is 5.75 Å². The van der Waals surface area contributed by atoms with Gasteiger partial charge in [-0.1, -0.05) is 25.6 Å². The summed E-state index contributed by atoms with van der Waals surface area (Å²) in [6.45, 7) is 14.7. The van der Waals surface area contributed by atoms with Crippen molar-refractivity contribution in [1.29, 1.82) is 0 Å². The second kappa shape index (κ2) is 11.7. The van der Waals surface area contributed by atoms with Crippen molar-refractivity contribution in [3.05, 3.63) is 48.2 Å². The summed E-state index contributed by atoms with van der Waals surface area (Å²) in [6, 6.07) is 6.06. The average Bonchev–Trinajstić information content (AvgIpc) is 2.69. The van der Waals surface area contributed by atoms with Crippen molar-refractivity contribution in [3.8, 4) is 0 Å². The van der Waals surface area contributed by atoms with Crippen LogP contribution in [0.15, 0.2) is 48.2 Å². The average molecular weight is 389 g/mol. The predicted molar refractivity (Wildman–Crippen MR) is 116 cm³/mol. The number of rotatable bonds is 11. The zero-order chi connectivity index (χ0) is 19.5. The molecule has 1 aromatic rings. The summed E-state index contributed by atoms with van der Waals surface area (Å²) in [6.07, 6.45) is 6.13. The topological polar surface area (TPSA) is 48.5 Å². The molecule has 0 atom stereocenters. The number of thioether (sulfide) groups is 1. The van der Waals surface area contributed by atoms with Gasteiger partial charge in [0.1, 0.15) is 5.82 Å². The minimum Gasteiger partial charge on any atom is -0.372 e. The van der Waals surface area contributed by atoms with E-state index in [1.165, 1.54) is 17.5 Å². The van der Waals surface area contributed by atoms with Crippen LogP contribution in [-0.2, 0) is 4.79 Å². The third-order valence-corrected chi connectivity index (χ3v) is 5.51. The summed E-state index contributed by atoms with van der Waals surface area (Å²) in [5, 5.41) is 2.96. The van der Waals surface area contributed by atoms with Gasteiger partial charge in [0.25, 0.3) is 0 Å². The van der Waals surface area contributed by atoms with Crippen LogP contribution in [0.3, 0.4) is 0 Å². The lowest BCUT2D eigenvalue weighted by atomic mass is 10.1. The molecule has 2 rings (SSSR count). The molecule has 0 saturated carbocycles. The van der Waals surface area contributed by atoms with Gasteiger partial charge in [-0.2, -0.15) is 0 Å². The molecule has 27 heavy (non-hydrogen) atoms. The van der Waals surface area contributed by atoms with Gasteiger partial charge in [0.15, 0.2) is 0 Å². The maximum Gasteiger partial charge on any atom is 0.230 e. The quantitative estimate of drug-likeness (QED) is 0.586. The largest absolute Gasteiger partial charge is 0.372 e.